The van der Waals surface area contributed by atoms with Gasteiger partial charge in [-0.05, 0) is 65.3 Å². The highest BCUT2D eigenvalue weighted by Gasteiger charge is 2.17. The van der Waals surface area contributed by atoms with Gasteiger partial charge in [-0.1, -0.05) is 97.6 Å². The van der Waals surface area contributed by atoms with Crippen LogP contribution in [-0.4, -0.2) is 5.97 Å². The molecule has 158 valence electrons. The molecular weight excluding hydrogens is 392 g/mol. The second kappa shape index (κ2) is 9.93. The van der Waals surface area contributed by atoms with Crippen LogP contribution in [0.25, 0.3) is 11.1 Å². The number of allylic oxidation sites excluding steroid dienone is 5. The number of hydrogen-bond acceptors (Lipinski definition) is 2. The molecule has 0 radical (unpaired) electrons. The first-order chi connectivity index (χ1) is 15.6. The van der Waals surface area contributed by atoms with Gasteiger partial charge < -0.3 is 4.74 Å². The molecule has 32 heavy (non-hydrogen) atoms. The predicted molar refractivity (Wildman–Crippen MR) is 132 cm³/mol. The summed E-state index contributed by atoms with van der Waals surface area (Å²) in [7, 11) is 0. The Bertz CT molecular complexity index is 1150. The van der Waals surface area contributed by atoms with Gasteiger partial charge in [0.2, 0.25) is 0 Å². The van der Waals surface area contributed by atoms with Crippen molar-refractivity contribution in [2.75, 3.05) is 0 Å². The molecule has 4 rings (SSSR count). The summed E-state index contributed by atoms with van der Waals surface area (Å²) in [6, 6.07) is 28.7. The van der Waals surface area contributed by atoms with Crippen LogP contribution < -0.4 is 4.74 Å². The second-order valence-electron chi connectivity index (χ2n) is 7.82. The van der Waals surface area contributed by atoms with Crippen molar-refractivity contribution in [3.63, 3.8) is 0 Å². The first-order valence-corrected chi connectivity index (χ1v) is 10.8. The van der Waals surface area contributed by atoms with Crippen molar-refractivity contribution < 1.29 is 9.53 Å². The number of esters is 1. The third kappa shape index (κ3) is 4.87. The van der Waals surface area contributed by atoms with E-state index in [-0.39, 0.29) is 0 Å². The molecule has 0 atom stereocenters. The van der Waals surface area contributed by atoms with E-state index < -0.39 is 5.97 Å². The number of rotatable bonds is 6. The minimum atomic E-state index is -0.416. The topological polar surface area (TPSA) is 26.3 Å². The summed E-state index contributed by atoms with van der Waals surface area (Å²) in [5.41, 5.74) is 7.30. The van der Waals surface area contributed by atoms with Crippen LogP contribution in [0.1, 0.15) is 36.5 Å². The smallest absolute Gasteiger partial charge is 0.338 e. The summed E-state index contributed by atoms with van der Waals surface area (Å²) >= 11 is 0. The molecule has 0 unspecified atom stereocenters. The fourth-order valence-electron chi connectivity index (χ4n) is 3.80. The van der Waals surface area contributed by atoms with Gasteiger partial charge in [-0.15, -0.1) is 0 Å². The van der Waals surface area contributed by atoms with E-state index in [0.717, 1.165) is 35.1 Å². The Hall–Kier alpha value is -3.91. The van der Waals surface area contributed by atoms with Gasteiger partial charge >= 0.3 is 5.97 Å². The van der Waals surface area contributed by atoms with Gasteiger partial charge in [0.05, 0.1) is 0 Å². The molecule has 0 aliphatic heterocycles. The van der Waals surface area contributed by atoms with E-state index in [0.29, 0.717) is 11.3 Å². The summed E-state index contributed by atoms with van der Waals surface area (Å²) in [6.07, 6.45) is 8.81. The lowest BCUT2D eigenvalue weighted by molar-refractivity contribution is -0.130. The number of hydrogen-bond donors (Lipinski definition) is 0. The van der Waals surface area contributed by atoms with Crippen molar-refractivity contribution in [1.82, 2.24) is 0 Å². The Labute approximate surface area is 189 Å². The van der Waals surface area contributed by atoms with Crippen LogP contribution in [0.5, 0.6) is 5.75 Å². The van der Waals surface area contributed by atoms with Crippen molar-refractivity contribution >= 4 is 17.1 Å². The monoisotopic (exact) mass is 418 g/mol. The molecule has 1 aliphatic rings. The highest BCUT2D eigenvalue weighted by atomic mass is 16.5. The molecule has 0 amide bonds. The molecule has 0 saturated carbocycles. The van der Waals surface area contributed by atoms with Crippen LogP contribution in [0.2, 0.25) is 0 Å². The van der Waals surface area contributed by atoms with Crippen molar-refractivity contribution in [3.05, 3.63) is 138 Å². The quantitative estimate of drug-likeness (QED) is 0.180. The van der Waals surface area contributed by atoms with Crippen molar-refractivity contribution in [3.8, 4) is 5.75 Å². The zero-order valence-corrected chi connectivity index (χ0v) is 18.3. The Kier molecular flexibility index (Phi) is 6.62. The number of carbonyl (C=O) groups is 1. The molecule has 2 heteroatoms. The lowest BCUT2D eigenvalue weighted by atomic mass is 9.84. The van der Waals surface area contributed by atoms with Gasteiger partial charge in [-0.3, -0.25) is 0 Å². The minimum absolute atomic E-state index is 0.377. The maximum atomic E-state index is 11.9. The first kappa shape index (κ1) is 21.3. The van der Waals surface area contributed by atoms with Crippen LogP contribution in [0, 0.1) is 0 Å². The second-order valence-corrected chi connectivity index (χ2v) is 7.82. The van der Waals surface area contributed by atoms with Crippen molar-refractivity contribution in [2.45, 2.75) is 19.8 Å². The normalized spacial score (nSPS) is 12.6. The van der Waals surface area contributed by atoms with Gasteiger partial charge in [-0.25, -0.2) is 4.79 Å². The minimum Gasteiger partial charge on any atom is -0.423 e. The molecule has 2 nitrogen and oxygen atoms in total. The zero-order valence-electron chi connectivity index (χ0n) is 18.3. The number of benzene rings is 3. The van der Waals surface area contributed by atoms with Gasteiger partial charge in [0.1, 0.15) is 5.75 Å². The third-order valence-electron chi connectivity index (χ3n) is 5.36. The van der Waals surface area contributed by atoms with Gasteiger partial charge in [-0.2, -0.15) is 0 Å². The highest BCUT2D eigenvalue weighted by Crippen LogP contribution is 2.38. The zero-order chi connectivity index (χ0) is 22.3. The third-order valence-corrected chi connectivity index (χ3v) is 5.36. The molecule has 0 aromatic heterocycles. The fraction of sp³-hybridized carbons (Fsp3) is 0.100. The van der Waals surface area contributed by atoms with E-state index in [1.807, 2.05) is 36.4 Å². The first-order valence-electron chi connectivity index (χ1n) is 10.8. The molecule has 3 aromatic rings. The van der Waals surface area contributed by atoms with Gasteiger partial charge in [0.15, 0.2) is 0 Å². The average molecular weight is 419 g/mol. The molecule has 3 aromatic carbocycles. The van der Waals surface area contributed by atoms with E-state index in [4.69, 9.17) is 4.74 Å². The van der Waals surface area contributed by atoms with Crippen LogP contribution in [0.3, 0.4) is 0 Å². The molecule has 0 fully saturated rings. The number of ether oxygens (including phenoxy) is 1. The Morgan fingerprint density at radius 3 is 1.81 bits per heavy atom. The SMILES string of the molecule is C=C(C)C(=O)Oc1ccc(C(C2=CCCC=C2)=C(c2ccccc2)c2ccccc2)cc1. The van der Waals surface area contributed by atoms with Crippen LogP contribution in [-0.2, 0) is 4.79 Å². The van der Waals surface area contributed by atoms with E-state index in [1.165, 1.54) is 11.1 Å². The standard InChI is InChI=1S/C30H26O2/c1-22(2)30(31)32-27-20-18-26(19-21-27)29(25-16-10-5-11-17-25)28(23-12-6-3-7-13-23)24-14-8-4-9-15-24/h3-4,6-10,12-21H,1,5,11H2,2H3. The van der Waals surface area contributed by atoms with Gasteiger partial charge in [0.25, 0.3) is 0 Å². The lowest BCUT2D eigenvalue weighted by Gasteiger charge is -2.20. The summed E-state index contributed by atoms with van der Waals surface area (Å²) in [4.78, 5) is 11.9. The number of carbonyl (C=O) groups excluding carboxylic acids is 1. The van der Waals surface area contributed by atoms with Crippen molar-refractivity contribution in [1.29, 1.82) is 0 Å². The molecule has 0 spiro atoms. The molecule has 1 aliphatic carbocycles. The van der Waals surface area contributed by atoms with E-state index in [9.17, 15) is 4.79 Å². The van der Waals surface area contributed by atoms with Crippen molar-refractivity contribution in [2.24, 2.45) is 0 Å². The van der Waals surface area contributed by atoms with Crippen LogP contribution >= 0.6 is 0 Å². The molecule has 0 N–H and O–H groups in total. The molecule has 0 heterocycles. The van der Waals surface area contributed by atoms with Crippen LogP contribution in [0.15, 0.2) is 121 Å². The van der Waals surface area contributed by atoms with E-state index in [2.05, 4.69) is 73.3 Å². The fourth-order valence-corrected chi connectivity index (χ4v) is 3.80. The predicted octanol–water partition coefficient (Wildman–Crippen LogP) is 7.40. The summed E-state index contributed by atoms with van der Waals surface area (Å²) in [6.45, 7) is 5.30. The summed E-state index contributed by atoms with van der Waals surface area (Å²) in [5, 5.41) is 0. The summed E-state index contributed by atoms with van der Waals surface area (Å²) in [5.74, 6) is 0.0935. The summed E-state index contributed by atoms with van der Waals surface area (Å²) < 4.78 is 5.40. The molecule has 0 bridgehead atoms. The Balaban J connectivity index is 1.90. The molecule has 0 saturated heterocycles. The highest BCUT2D eigenvalue weighted by molar-refractivity contribution is 6.05. The largest absolute Gasteiger partial charge is 0.423 e. The Morgan fingerprint density at radius 1 is 0.750 bits per heavy atom. The average Bonchev–Trinajstić information content (AvgIpc) is 2.84. The Morgan fingerprint density at radius 2 is 1.31 bits per heavy atom. The van der Waals surface area contributed by atoms with E-state index >= 15 is 0 Å². The molecular formula is C30H26O2. The van der Waals surface area contributed by atoms with Gasteiger partial charge in [0, 0.05) is 5.57 Å². The van der Waals surface area contributed by atoms with Crippen LogP contribution in [0.4, 0.5) is 0 Å². The van der Waals surface area contributed by atoms with E-state index in [1.54, 1.807) is 6.92 Å². The maximum Gasteiger partial charge on any atom is 0.338 e. The lowest BCUT2D eigenvalue weighted by Crippen LogP contribution is -2.08. The maximum absolute atomic E-state index is 11.9.